The molecule has 0 saturated carbocycles. The second-order valence-electron chi connectivity index (χ2n) is 6.07. The number of nitrogens with zero attached hydrogens (tertiary/aromatic N) is 3. The van der Waals surface area contributed by atoms with Gasteiger partial charge in [-0.25, -0.2) is 4.52 Å². The van der Waals surface area contributed by atoms with Crippen LogP contribution in [0.2, 0.25) is 10.0 Å². The lowest BCUT2D eigenvalue weighted by Gasteiger charge is -2.09. The van der Waals surface area contributed by atoms with E-state index in [0.29, 0.717) is 11.1 Å². The second-order valence-corrected chi connectivity index (χ2v) is 6.89. The minimum absolute atomic E-state index is 0.128. The average Bonchev–Trinajstić information content (AvgIpc) is 2.97. The standard InChI is InChI=1S/C17H16Cl2N4O2/c1-9(2)14-6-15-11(5-4-10(3)23(15)21-14)17(24)20-16-12(18)7-22(25)8-13(16)19/h4-9,25H,1-3H3/p+1. The molecule has 6 nitrogen and oxygen atoms in total. The highest BCUT2D eigenvalue weighted by molar-refractivity contribution is 6.39. The molecule has 8 heteroatoms. The lowest BCUT2D eigenvalue weighted by Crippen LogP contribution is -2.29. The number of rotatable bonds is 3. The first kappa shape index (κ1) is 17.5. The molecule has 0 radical (unpaired) electrons. The van der Waals surface area contributed by atoms with E-state index in [1.54, 1.807) is 10.6 Å². The van der Waals surface area contributed by atoms with Crippen LogP contribution in [0.3, 0.4) is 0 Å². The van der Waals surface area contributed by atoms with Crippen LogP contribution in [0, 0.1) is 6.92 Å². The monoisotopic (exact) mass is 379 g/mol. The summed E-state index contributed by atoms with van der Waals surface area (Å²) in [6.45, 7) is 6.02. The number of aryl methyl sites for hydroxylation is 1. The SMILES string of the molecule is Cc1ccc(C(=O)Nc2c(Cl)c[n+](O)cc2Cl)c2cc(C(C)C)nn12. The zero-order valence-corrected chi connectivity index (χ0v) is 15.4. The van der Waals surface area contributed by atoms with Gasteiger partial charge in [0.15, 0.2) is 0 Å². The number of amides is 1. The first-order valence-corrected chi connectivity index (χ1v) is 8.43. The number of aromatic nitrogens is 3. The molecule has 3 rings (SSSR count). The second kappa shape index (κ2) is 6.54. The Balaban J connectivity index is 2.05. The fraction of sp³-hybridized carbons (Fsp3) is 0.235. The molecule has 3 aromatic heterocycles. The van der Waals surface area contributed by atoms with E-state index in [9.17, 15) is 10.0 Å². The molecule has 3 aromatic rings. The fourth-order valence-corrected chi connectivity index (χ4v) is 3.05. The van der Waals surface area contributed by atoms with Crippen molar-refractivity contribution in [2.24, 2.45) is 0 Å². The molecular formula is C17H17Cl2N4O2+. The predicted octanol–water partition coefficient (Wildman–Crippen LogP) is 3.85. The highest BCUT2D eigenvalue weighted by atomic mass is 35.5. The van der Waals surface area contributed by atoms with Crippen LogP contribution in [0.15, 0.2) is 30.6 Å². The molecule has 25 heavy (non-hydrogen) atoms. The Bertz CT molecular complexity index is 959. The number of carbonyl (C=O) groups is 1. The molecule has 0 unspecified atom stereocenters. The summed E-state index contributed by atoms with van der Waals surface area (Å²) in [6.07, 6.45) is 2.48. The van der Waals surface area contributed by atoms with Crippen molar-refractivity contribution in [3.05, 3.63) is 57.6 Å². The van der Waals surface area contributed by atoms with E-state index in [1.165, 1.54) is 12.4 Å². The van der Waals surface area contributed by atoms with E-state index in [2.05, 4.69) is 10.4 Å². The van der Waals surface area contributed by atoms with Crippen molar-refractivity contribution in [1.82, 2.24) is 9.61 Å². The molecule has 0 aliphatic carbocycles. The third kappa shape index (κ3) is 3.27. The first-order valence-electron chi connectivity index (χ1n) is 7.68. The van der Waals surface area contributed by atoms with Crippen molar-refractivity contribution >= 4 is 40.3 Å². The number of pyridine rings is 2. The number of hydrogen-bond donors (Lipinski definition) is 2. The molecular weight excluding hydrogens is 363 g/mol. The van der Waals surface area contributed by atoms with Gasteiger partial charge in [0, 0.05) is 10.4 Å². The van der Waals surface area contributed by atoms with Gasteiger partial charge in [0.05, 0.1) is 22.5 Å². The van der Waals surface area contributed by atoms with Gasteiger partial charge in [-0.05, 0) is 31.0 Å². The van der Waals surface area contributed by atoms with E-state index in [4.69, 9.17) is 23.2 Å². The third-order valence-corrected chi connectivity index (χ3v) is 4.45. The molecule has 130 valence electrons. The summed E-state index contributed by atoms with van der Waals surface area (Å²) in [5.74, 6) is -0.118. The Kier molecular flexibility index (Phi) is 4.58. The van der Waals surface area contributed by atoms with Crippen LogP contribution in [0.25, 0.3) is 5.52 Å². The highest BCUT2D eigenvalue weighted by Crippen LogP contribution is 2.29. The summed E-state index contributed by atoms with van der Waals surface area (Å²) in [5.41, 5.74) is 3.23. The van der Waals surface area contributed by atoms with Gasteiger partial charge in [-0.1, -0.05) is 37.0 Å². The highest BCUT2D eigenvalue weighted by Gasteiger charge is 2.20. The zero-order valence-electron chi connectivity index (χ0n) is 13.9. The molecule has 0 atom stereocenters. The van der Waals surface area contributed by atoms with E-state index in [1.807, 2.05) is 32.9 Å². The summed E-state index contributed by atoms with van der Waals surface area (Å²) in [5, 5.41) is 16.9. The van der Waals surface area contributed by atoms with Crippen LogP contribution >= 0.6 is 23.2 Å². The summed E-state index contributed by atoms with van der Waals surface area (Å²) >= 11 is 12.1. The lowest BCUT2D eigenvalue weighted by molar-refractivity contribution is -0.904. The minimum atomic E-state index is -0.361. The third-order valence-electron chi connectivity index (χ3n) is 3.87. The molecule has 0 aliphatic rings. The first-order chi connectivity index (χ1) is 11.8. The van der Waals surface area contributed by atoms with Crippen LogP contribution in [-0.2, 0) is 0 Å². The summed E-state index contributed by atoms with van der Waals surface area (Å²) in [6, 6.07) is 5.47. The van der Waals surface area contributed by atoms with E-state index in [-0.39, 0.29) is 27.6 Å². The number of fused-ring (bicyclic) bond motifs is 1. The van der Waals surface area contributed by atoms with E-state index in [0.717, 1.165) is 16.1 Å². The normalized spacial score (nSPS) is 11.3. The maximum absolute atomic E-state index is 12.8. The molecule has 2 N–H and O–H groups in total. The number of hydrogen-bond acceptors (Lipinski definition) is 3. The van der Waals surface area contributed by atoms with Crippen molar-refractivity contribution in [1.29, 1.82) is 0 Å². The molecule has 0 bridgehead atoms. The van der Waals surface area contributed by atoms with Gasteiger partial charge < -0.3 is 5.32 Å². The van der Waals surface area contributed by atoms with Crippen LogP contribution in [0.5, 0.6) is 0 Å². The maximum atomic E-state index is 12.8. The Morgan fingerprint density at radius 1 is 1.28 bits per heavy atom. The maximum Gasteiger partial charge on any atom is 0.257 e. The summed E-state index contributed by atoms with van der Waals surface area (Å²) < 4.78 is 2.48. The largest absolute Gasteiger partial charge is 0.319 e. The Morgan fingerprint density at radius 3 is 2.52 bits per heavy atom. The van der Waals surface area contributed by atoms with Crippen molar-refractivity contribution < 1.29 is 14.7 Å². The predicted molar refractivity (Wildman–Crippen MR) is 95.8 cm³/mol. The van der Waals surface area contributed by atoms with Crippen LogP contribution in [0.1, 0.15) is 41.5 Å². The molecule has 1 amide bonds. The molecule has 0 spiro atoms. The van der Waals surface area contributed by atoms with Crippen molar-refractivity contribution in [3.63, 3.8) is 0 Å². The minimum Gasteiger partial charge on any atom is -0.319 e. The molecule has 0 aliphatic heterocycles. The number of halogens is 2. The van der Waals surface area contributed by atoms with Gasteiger partial charge in [0.1, 0.15) is 10.0 Å². The Morgan fingerprint density at radius 2 is 1.92 bits per heavy atom. The van der Waals surface area contributed by atoms with E-state index < -0.39 is 0 Å². The van der Waals surface area contributed by atoms with Gasteiger partial charge in [0.2, 0.25) is 12.4 Å². The summed E-state index contributed by atoms with van der Waals surface area (Å²) in [4.78, 5) is 12.8. The Hall–Kier alpha value is -2.31. The Labute approximate surface area is 154 Å². The van der Waals surface area contributed by atoms with Gasteiger partial charge in [-0.15, -0.1) is 0 Å². The number of nitrogens with one attached hydrogen (secondary N) is 1. The topological polar surface area (TPSA) is 70.5 Å². The van der Waals surface area contributed by atoms with E-state index >= 15 is 0 Å². The average molecular weight is 380 g/mol. The summed E-state index contributed by atoms with van der Waals surface area (Å²) in [7, 11) is 0. The van der Waals surface area contributed by atoms with Crippen molar-refractivity contribution in [2.75, 3.05) is 5.32 Å². The molecule has 0 saturated heterocycles. The lowest BCUT2D eigenvalue weighted by atomic mass is 10.1. The quantitative estimate of drug-likeness (QED) is 0.536. The fourth-order valence-electron chi connectivity index (χ4n) is 2.51. The number of carbonyl (C=O) groups excluding carboxylic acids is 1. The molecule has 0 fully saturated rings. The van der Waals surface area contributed by atoms with Crippen LogP contribution < -0.4 is 10.0 Å². The van der Waals surface area contributed by atoms with Crippen LogP contribution in [-0.4, -0.2) is 20.7 Å². The number of anilines is 1. The van der Waals surface area contributed by atoms with Crippen LogP contribution in [0.4, 0.5) is 5.69 Å². The molecule has 0 aromatic carbocycles. The van der Waals surface area contributed by atoms with Gasteiger partial charge in [-0.2, -0.15) is 5.10 Å². The van der Waals surface area contributed by atoms with Gasteiger partial charge in [-0.3, -0.25) is 10.0 Å². The van der Waals surface area contributed by atoms with Gasteiger partial charge >= 0.3 is 0 Å². The molecule has 3 heterocycles. The smallest absolute Gasteiger partial charge is 0.257 e. The van der Waals surface area contributed by atoms with Gasteiger partial charge in [0.25, 0.3) is 5.91 Å². The zero-order chi connectivity index (χ0) is 18.3. The van der Waals surface area contributed by atoms with Crippen molar-refractivity contribution in [3.8, 4) is 0 Å². The van der Waals surface area contributed by atoms with Crippen molar-refractivity contribution in [2.45, 2.75) is 26.7 Å².